The molecule has 1 fully saturated rings. The molecule has 1 aromatic carbocycles. The Bertz CT molecular complexity index is 492. The Balaban J connectivity index is 2.11. The Morgan fingerprint density at radius 1 is 1.44 bits per heavy atom. The quantitative estimate of drug-likeness (QED) is 0.933. The van der Waals surface area contributed by atoms with Crippen LogP contribution >= 0.6 is 15.9 Å². The third kappa shape index (κ3) is 2.65. The molecular formula is C13H14BrFN2O. The van der Waals surface area contributed by atoms with Crippen molar-refractivity contribution in [1.29, 1.82) is 5.26 Å². The fourth-order valence-corrected chi connectivity index (χ4v) is 2.59. The first kappa shape index (κ1) is 13.3. The lowest BCUT2D eigenvalue weighted by Crippen LogP contribution is -2.42. The van der Waals surface area contributed by atoms with Gasteiger partial charge in [-0.25, -0.2) is 4.39 Å². The van der Waals surface area contributed by atoms with E-state index in [1.165, 1.54) is 12.1 Å². The van der Waals surface area contributed by atoms with Crippen molar-refractivity contribution in [1.82, 2.24) is 0 Å². The van der Waals surface area contributed by atoms with Crippen molar-refractivity contribution in [2.45, 2.75) is 31.2 Å². The van der Waals surface area contributed by atoms with E-state index in [2.05, 4.69) is 15.9 Å². The molecule has 0 bridgehead atoms. The van der Waals surface area contributed by atoms with E-state index in [1.807, 2.05) is 6.07 Å². The van der Waals surface area contributed by atoms with E-state index in [-0.39, 0.29) is 21.3 Å². The number of ether oxygens (including phenoxy) is 1. The third-order valence-electron chi connectivity index (χ3n) is 3.28. The summed E-state index contributed by atoms with van der Waals surface area (Å²) < 4.78 is 19.5. The van der Waals surface area contributed by atoms with E-state index in [1.54, 1.807) is 0 Å². The molecule has 2 N–H and O–H groups in total. The predicted octanol–water partition coefficient (Wildman–Crippen LogP) is 3.11. The van der Waals surface area contributed by atoms with Crippen LogP contribution in [0.4, 0.5) is 4.39 Å². The lowest BCUT2D eigenvalue weighted by molar-refractivity contribution is 0.212. The molecule has 0 atom stereocenters. The summed E-state index contributed by atoms with van der Waals surface area (Å²) in [4.78, 5) is 0. The van der Waals surface area contributed by atoms with Crippen LogP contribution in [0, 0.1) is 17.1 Å². The highest BCUT2D eigenvalue weighted by Gasteiger charge is 2.30. The zero-order chi connectivity index (χ0) is 13.2. The highest BCUT2D eigenvalue weighted by Crippen LogP contribution is 2.31. The lowest BCUT2D eigenvalue weighted by Gasteiger charge is -2.23. The maximum absolute atomic E-state index is 13.9. The summed E-state index contributed by atoms with van der Waals surface area (Å²) in [7, 11) is 0. The minimum Gasteiger partial charge on any atom is -0.489 e. The molecule has 0 spiro atoms. The molecule has 96 valence electrons. The van der Waals surface area contributed by atoms with Crippen LogP contribution in [-0.2, 0) is 0 Å². The van der Waals surface area contributed by atoms with Gasteiger partial charge in [-0.2, -0.15) is 5.26 Å². The van der Waals surface area contributed by atoms with Gasteiger partial charge in [-0.15, -0.1) is 0 Å². The normalized spacial score (nSPS) is 17.4. The average Bonchev–Trinajstić information content (AvgIpc) is 2.79. The zero-order valence-corrected chi connectivity index (χ0v) is 11.5. The van der Waals surface area contributed by atoms with Crippen molar-refractivity contribution in [3.05, 3.63) is 28.0 Å². The largest absolute Gasteiger partial charge is 0.489 e. The van der Waals surface area contributed by atoms with Crippen LogP contribution in [0.25, 0.3) is 0 Å². The van der Waals surface area contributed by atoms with Gasteiger partial charge in [-0.1, -0.05) is 12.8 Å². The molecule has 0 radical (unpaired) electrons. The van der Waals surface area contributed by atoms with Crippen LogP contribution in [0.3, 0.4) is 0 Å². The van der Waals surface area contributed by atoms with Gasteiger partial charge in [0, 0.05) is 0 Å². The van der Waals surface area contributed by atoms with Crippen molar-refractivity contribution >= 4 is 15.9 Å². The van der Waals surface area contributed by atoms with E-state index in [0.717, 1.165) is 25.7 Å². The maximum Gasteiger partial charge on any atom is 0.180 e. The summed E-state index contributed by atoms with van der Waals surface area (Å²) in [5.41, 5.74) is 6.05. The van der Waals surface area contributed by atoms with Gasteiger partial charge in [0.05, 0.1) is 15.6 Å². The smallest absolute Gasteiger partial charge is 0.180 e. The monoisotopic (exact) mass is 312 g/mol. The molecule has 1 aliphatic carbocycles. The Morgan fingerprint density at radius 3 is 2.72 bits per heavy atom. The first-order valence-corrected chi connectivity index (χ1v) is 6.65. The molecule has 0 amide bonds. The molecule has 0 unspecified atom stereocenters. The van der Waals surface area contributed by atoms with Crippen molar-refractivity contribution in [2.75, 3.05) is 6.61 Å². The molecular weight excluding hydrogens is 299 g/mol. The Hall–Kier alpha value is -1.12. The van der Waals surface area contributed by atoms with E-state index in [9.17, 15) is 4.39 Å². The number of nitrogens with zero attached hydrogens (tertiary/aromatic N) is 1. The predicted molar refractivity (Wildman–Crippen MR) is 69.7 cm³/mol. The number of nitriles is 1. The number of hydrogen-bond acceptors (Lipinski definition) is 3. The molecule has 1 aromatic rings. The van der Waals surface area contributed by atoms with Gasteiger partial charge >= 0.3 is 0 Å². The van der Waals surface area contributed by atoms with E-state index < -0.39 is 5.82 Å². The Labute approximate surface area is 114 Å². The molecule has 0 aliphatic heterocycles. The zero-order valence-electron chi connectivity index (χ0n) is 9.88. The van der Waals surface area contributed by atoms with Crippen LogP contribution < -0.4 is 10.5 Å². The topological polar surface area (TPSA) is 59.0 Å². The summed E-state index contributed by atoms with van der Waals surface area (Å²) in [5, 5.41) is 8.77. The van der Waals surface area contributed by atoms with Gasteiger partial charge in [0.15, 0.2) is 11.6 Å². The lowest BCUT2D eigenvalue weighted by atomic mass is 10.0. The molecule has 1 saturated carbocycles. The Morgan fingerprint density at radius 2 is 2.11 bits per heavy atom. The van der Waals surface area contributed by atoms with Crippen LogP contribution in [0.5, 0.6) is 5.75 Å². The number of benzene rings is 1. The highest BCUT2D eigenvalue weighted by molar-refractivity contribution is 9.10. The third-order valence-corrected chi connectivity index (χ3v) is 4.06. The first-order chi connectivity index (χ1) is 8.56. The van der Waals surface area contributed by atoms with E-state index in [0.29, 0.717) is 6.61 Å². The van der Waals surface area contributed by atoms with E-state index in [4.69, 9.17) is 15.7 Å². The van der Waals surface area contributed by atoms with Crippen molar-refractivity contribution in [3.63, 3.8) is 0 Å². The van der Waals surface area contributed by atoms with Gasteiger partial charge in [0.25, 0.3) is 0 Å². The highest BCUT2D eigenvalue weighted by atomic mass is 79.9. The van der Waals surface area contributed by atoms with Crippen LogP contribution in [0.15, 0.2) is 16.6 Å². The van der Waals surface area contributed by atoms with Gasteiger partial charge in [-0.3, -0.25) is 0 Å². The van der Waals surface area contributed by atoms with Crippen molar-refractivity contribution < 1.29 is 9.13 Å². The molecule has 5 heteroatoms. The summed E-state index contributed by atoms with van der Waals surface area (Å²) in [6, 6.07) is 4.90. The molecule has 0 heterocycles. The summed E-state index contributed by atoms with van der Waals surface area (Å²) in [5.74, 6) is -0.409. The number of hydrogen-bond donors (Lipinski definition) is 1. The van der Waals surface area contributed by atoms with Crippen LogP contribution in [0.1, 0.15) is 31.2 Å². The molecule has 18 heavy (non-hydrogen) atoms. The van der Waals surface area contributed by atoms with Gasteiger partial charge in [0.1, 0.15) is 12.7 Å². The van der Waals surface area contributed by atoms with Gasteiger partial charge in [0.2, 0.25) is 0 Å². The Kier molecular flexibility index (Phi) is 3.88. The second-order valence-electron chi connectivity index (χ2n) is 4.71. The number of nitrogens with two attached hydrogens (primary N) is 1. The summed E-state index contributed by atoms with van der Waals surface area (Å²) in [6.07, 6.45) is 4.01. The van der Waals surface area contributed by atoms with Gasteiger partial charge < -0.3 is 10.5 Å². The molecule has 0 aromatic heterocycles. The van der Waals surface area contributed by atoms with E-state index >= 15 is 0 Å². The van der Waals surface area contributed by atoms with Gasteiger partial charge in [-0.05, 0) is 40.9 Å². The average molecular weight is 313 g/mol. The minimum atomic E-state index is -0.546. The first-order valence-electron chi connectivity index (χ1n) is 5.85. The molecule has 1 aliphatic rings. The van der Waals surface area contributed by atoms with Crippen LogP contribution in [-0.4, -0.2) is 12.1 Å². The summed E-state index contributed by atoms with van der Waals surface area (Å²) >= 11 is 3.05. The molecule has 3 nitrogen and oxygen atoms in total. The fourth-order valence-electron chi connectivity index (χ4n) is 2.17. The van der Waals surface area contributed by atoms with Crippen LogP contribution in [0.2, 0.25) is 0 Å². The summed E-state index contributed by atoms with van der Waals surface area (Å²) in [6.45, 7) is 0.308. The molecule has 0 saturated heterocycles. The standard InChI is InChI=1S/C13H14BrFN2O/c14-11-9(7-16)3-4-10(12(11)15)18-8-13(17)5-1-2-6-13/h3-4H,1-2,5-6,8,17H2. The number of rotatable bonds is 3. The molecule has 2 rings (SSSR count). The fraction of sp³-hybridized carbons (Fsp3) is 0.462. The second-order valence-corrected chi connectivity index (χ2v) is 5.50. The van der Waals surface area contributed by atoms with Crippen molar-refractivity contribution in [2.24, 2.45) is 5.73 Å². The SMILES string of the molecule is N#Cc1ccc(OCC2(N)CCCC2)c(F)c1Br. The second kappa shape index (κ2) is 5.25. The maximum atomic E-state index is 13.9. The number of halogens is 2. The van der Waals surface area contributed by atoms with Crippen molar-refractivity contribution in [3.8, 4) is 11.8 Å². The minimum absolute atomic E-state index is 0.137.